The van der Waals surface area contributed by atoms with Gasteiger partial charge in [-0.3, -0.25) is 9.10 Å². The van der Waals surface area contributed by atoms with Crippen molar-refractivity contribution in [2.45, 2.75) is 26.4 Å². The number of sulfonamides is 1. The van der Waals surface area contributed by atoms with E-state index in [0.29, 0.717) is 17.0 Å². The molecule has 0 fully saturated rings. The predicted molar refractivity (Wildman–Crippen MR) is 128 cm³/mol. The van der Waals surface area contributed by atoms with Crippen molar-refractivity contribution >= 4 is 21.6 Å². The fraction of sp³-hybridized carbons (Fsp3) is 0.240. The number of methoxy groups -OCH3 is 1. The van der Waals surface area contributed by atoms with Gasteiger partial charge in [0, 0.05) is 11.1 Å². The van der Waals surface area contributed by atoms with Crippen LogP contribution in [0.5, 0.6) is 5.75 Å². The first kappa shape index (κ1) is 23.3. The summed E-state index contributed by atoms with van der Waals surface area (Å²) in [7, 11) is -1.91. The summed E-state index contributed by atoms with van der Waals surface area (Å²) in [6.45, 7) is 4.09. The lowest BCUT2D eigenvalue weighted by atomic mass is 10.1. The van der Waals surface area contributed by atoms with Gasteiger partial charge in [-0.05, 0) is 49.7 Å². The van der Waals surface area contributed by atoms with Gasteiger partial charge in [0.05, 0.1) is 31.6 Å². The predicted octanol–water partition coefficient (Wildman–Crippen LogP) is 4.46. The summed E-state index contributed by atoms with van der Waals surface area (Å²) in [5, 5.41) is 2.96. The monoisotopic (exact) mass is 452 g/mol. The van der Waals surface area contributed by atoms with Crippen LogP contribution in [0, 0.1) is 6.92 Å². The van der Waals surface area contributed by atoms with Gasteiger partial charge in [0.15, 0.2) is 0 Å². The van der Waals surface area contributed by atoms with Crippen molar-refractivity contribution in [1.82, 2.24) is 5.32 Å². The summed E-state index contributed by atoms with van der Waals surface area (Å²) in [6.07, 6.45) is 1.18. The first-order chi connectivity index (χ1) is 15.2. The smallest absolute Gasteiger partial charge is 0.251 e. The molecule has 0 aliphatic heterocycles. The first-order valence-corrected chi connectivity index (χ1v) is 12.1. The molecule has 6 nitrogen and oxygen atoms in total. The van der Waals surface area contributed by atoms with E-state index in [4.69, 9.17) is 4.74 Å². The van der Waals surface area contributed by atoms with Crippen molar-refractivity contribution in [2.24, 2.45) is 0 Å². The largest absolute Gasteiger partial charge is 0.496 e. The van der Waals surface area contributed by atoms with Crippen LogP contribution in [0.2, 0.25) is 0 Å². The van der Waals surface area contributed by atoms with E-state index in [-0.39, 0.29) is 18.5 Å². The summed E-state index contributed by atoms with van der Waals surface area (Å²) < 4.78 is 31.5. The van der Waals surface area contributed by atoms with Crippen LogP contribution in [-0.4, -0.2) is 27.7 Å². The van der Waals surface area contributed by atoms with Crippen LogP contribution in [0.1, 0.15) is 40.0 Å². The molecule has 0 saturated heterocycles. The van der Waals surface area contributed by atoms with Gasteiger partial charge < -0.3 is 10.1 Å². The molecule has 32 heavy (non-hydrogen) atoms. The third-order valence-electron chi connectivity index (χ3n) is 5.22. The van der Waals surface area contributed by atoms with E-state index in [1.807, 2.05) is 62.4 Å². The maximum atomic E-state index is 12.7. The van der Waals surface area contributed by atoms with Crippen LogP contribution in [0.3, 0.4) is 0 Å². The Hall–Kier alpha value is -3.32. The highest BCUT2D eigenvalue weighted by molar-refractivity contribution is 7.92. The van der Waals surface area contributed by atoms with E-state index >= 15 is 0 Å². The SMILES string of the molecule is COc1ccccc1C(C)NC(=O)c1ccc(N(Cc2ccc(C)cc2)S(C)(=O)=O)cc1. The van der Waals surface area contributed by atoms with E-state index in [2.05, 4.69) is 5.32 Å². The number of nitrogens with one attached hydrogen (secondary N) is 1. The zero-order chi connectivity index (χ0) is 23.3. The summed E-state index contributed by atoms with van der Waals surface area (Å²) in [5.74, 6) is 0.454. The quantitative estimate of drug-likeness (QED) is 0.548. The molecule has 0 radical (unpaired) electrons. The highest BCUT2D eigenvalue weighted by Crippen LogP contribution is 2.25. The number of hydrogen-bond acceptors (Lipinski definition) is 4. The molecule has 3 aromatic rings. The van der Waals surface area contributed by atoms with Gasteiger partial charge >= 0.3 is 0 Å². The second kappa shape index (κ2) is 9.87. The van der Waals surface area contributed by atoms with Crippen LogP contribution in [0.25, 0.3) is 0 Å². The summed E-state index contributed by atoms with van der Waals surface area (Å²) in [5.41, 5.74) is 3.81. The maximum Gasteiger partial charge on any atom is 0.251 e. The Morgan fingerprint density at radius 3 is 2.22 bits per heavy atom. The van der Waals surface area contributed by atoms with Crippen molar-refractivity contribution < 1.29 is 17.9 Å². The minimum Gasteiger partial charge on any atom is -0.496 e. The number of aryl methyl sites for hydroxylation is 1. The molecule has 3 aromatic carbocycles. The minimum atomic E-state index is -3.50. The summed E-state index contributed by atoms with van der Waals surface area (Å²) in [6, 6.07) is 21.6. The van der Waals surface area contributed by atoms with Crippen LogP contribution in [0.15, 0.2) is 72.8 Å². The van der Waals surface area contributed by atoms with Crippen LogP contribution in [0.4, 0.5) is 5.69 Å². The molecule has 0 saturated carbocycles. The normalized spacial score (nSPS) is 12.1. The van der Waals surface area contributed by atoms with Gasteiger partial charge in [-0.25, -0.2) is 8.42 Å². The third-order valence-corrected chi connectivity index (χ3v) is 6.36. The number of carbonyl (C=O) groups excluding carboxylic acids is 1. The first-order valence-electron chi connectivity index (χ1n) is 10.3. The molecule has 0 spiro atoms. The fourth-order valence-electron chi connectivity index (χ4n) is 3.42. The Morgan fingerprint density at radius 2 is 1.62 bits per heavy atom. The number of anilines is 1. The van der Waals surface area contributed by atoms with Gasteiger partial charge in [0.2, 0.25) is 10.0 Å². The third kappa shape index (κ3) is 5.68. The number of rotatable bonds is 8. The maximum absolute atomic E-state index is 12.7. The summed E-state index contributed by atoms with van der Waals surface area (Å²) in [4.78, 5) is 12.7. The zero-order valence-corrected chi connectivity index (χ0v) is 19.5. The van der Waals surface area contributed by atoms with Crippen LogP contribution >= 0.6 is 0 Å². The van der Waals surface area contributed by atoms with Gasteiger partial charge in [-0.15, -0.1) is 0 Å². The zero-order valence-electron chi connectivity index (χ0n) is 18.7. The van der Waals surface area contributed by atoms with Crippen molar-refractivity contribution in [3.63, 3.8) is 0 Å². The lowest BCUT2D eigenvalue weighted by Crippen LogP contribution is -2.29. The number of benzene rings is 3. The lowest BCUT2D eigenvalue weighted by Gasteiger charge is -2.23. The highest BCUT2D eigenvalue weighted by atomic mass is 32.2. The topological polar surface area (TPSA) is 75.7 Å². The average Bonchev–Trinajstić information content (AvgIpc) is 2.78. The molecule has 1 N–H and O–H groups in total. The molecule has 7 heteroatoms. The summed E-state index contributed by atoms with van der Waals surface area (Å²) >= 11 is 0. The van der Waals surface area contributed by atoms with E-state index in [0.717, 1.165) is 16.7 Å². The Bertz CT molecular complexity index is 1170. The van der Waals surface area contributed by atoms with Gasteiger partial charge in [-0.2, -0.15) is 0 Å². The molecule has 3 rings (SSSR count). The van der Waals surface area contributed by atoms with Crippen LogP contribution in [-0.2, 0) is 16.6 Å². The van der Waals surface area contributed by atoms with Gasteiger partial charge in [0.1, 0.15) is 5.75 Å². The van der Waals surface area contributed by atoms with E-state index < -0.39 is 10.0 Å². The molecule has 1 atom stereocenters. The Kier molecular flexibility index (Phi) is 7.20. The average molecular weight is 453 g/mol. The molecule has 0 aliphatic carbocycles. The van der Waals surface area contributed by atoms with Crippen molar-refractivity contribution in [3.8, 4) is 5.75 Å². The number of carbonyl (C=O) groups is 1. The second-order valence-corrected chi connectivity index (χ2v) is 9.65. The Morgan fingerprint density at radius 1 is 1.00 bits per heavy atom. The number of amides is 1. The fourth-order valence-corrected chi connectivity index (χ4v) is 4.31. The molecule has 0 aromatic heterocycles. The number of para-hydroxylation sites is 1. The number of hydrogen-bond donors (Lipinski definition) is 1. The minimum absolute atomic E-state index is 0.218. The van der Waals surface area contributed by atoms with Gasteiger partial charge in [-0.1, -0.05) is 48.0 Å². The molecular formula is C25H28N2O4S. The molecular weight excluding hydrogens is 424 g/mol. The lowest BCUT2D eigenvalue weighted by molar-refractivity contribution is 0.0939. The highest BCUT2D eigenvalue weighted by Gasteiger charge is 2.19. The number of ether oxygens (including phenoxy) is 1. The van der Waals surface area contributed by atoms with Crippen LogP contribution < -0.4 is 14.4 Å². The van der Waals surface area contributed by atoms with Gasteiger partial charge in [0.25, 0.3) is 5.91 Å². The number of nitrogens with zero attached hydrogens (tertiary/aromatic N) is 1. The molecule has 1 unspecified atom stereocenters. The van der Waals surface area contributed by atoms with E-state index in [1.54, 1.807) is 31.4 Å². The Labute approximate surface area is 189 Å². The Balaban J connectivity index is 1.77. The molecule has 0 aliphatic rings. The van der Waals surface area contributed by atoms with Crippen molar-refractivity contribution in [2.75, 3.05) is 17.7 Å². The standard InChI is InChI=1S/C25H28N2O4S/c1-18-9-11-20(12-10-18)17-27(32(4,29)30)22-15-13-21(14-16-22)25(28)26-19(2)23-7-5-6-8-24(23)31-3/h5-16,19H,17H2,1-4H3,(H,26,28). The molecule has 0 heterocycles. The van der Waals surface area contributed by atoms with E-state index in [1.165, 1.54) is 10.6 Å². The van der Waals surface area contributed by atoms with Crippen molar-refractivity contribution in [1.29, 1.82) is 0 Å². The van der Waals surface area contributed by atoms with E-state index in [9.17, 15) is 13.2 Å². The second-order valence-electron chi connectivity index (χ2n) is 7.74. The molecule has 0 bridgehead atoms. The molecule has 168 valence electrons. The molecule has 1 amide bonds. The van der Waals surface area contributed by atoms with Crippen molar-refractivity contribution in [3.05, 3.63) is 95.1 Å².